The summed E-state index contributed by atoms with van der Waals surface area (Å²) in [6.07, 6.45) is 0.893. The maximum Gasteiger partial charge on any atom is 0.226 e. The molecule has 0 amide bonds. The molecular formula is C27H24N6. The average molecular weight is 433 g/mol. The van der Waals surface area contributed by atoms with Crippen molar-refractivity contribution in [1.29, 1.82) is 0 Å². The third kappa shape index (κ3) is 3.91. The van der Waals surface area contributed by atoms with Gasteiger partial charge in [-0.25, -0.2) is 0 Å². The van der Waals surface area contributed by atoms with Crippen molar-refractivity contribution in [3.8, 4) is 11.1 Å². The van der Waals surface area contributed by atoms with Crippen LogP contribution in [-0.2, 0) is 19.5 Å². The van der Waals surface area contributed by atoms with Crippen molar-refractivity contribution in [1.82, 2.24) is 20.2 Å². The van der Waals surface area contributed by atoms with E-state index >= 15 is 0 Å². The Labute approximate surface area is 192 Å². The minimum atomic E-state index is 0.611. The topological polar surface area (TPSA) is 69.7 Å². The number of benzene rings is 3. The van der Waals surface area contributed by atoms with Crippen molar-refractivity contribution < 1.29 is 0 Å². The van der Waals surface area contributed by atoms with Gasteiger partial charge in [0.15, 0.2) is 5.65 Å². The first kappa shape index (κ1) is 19.5. The van der Waals surface area contributed by atoms with Gasteiger partial charge in [0.1, 0.15) is 5.82 Å². The highest BCUT2D eigenvalue weighted by Gasteiger charge is 2.24. The van der Waals surface area contributed by atoms with E-state index < -0.39 is 0 Å². The maximum atomic E-state index is 4.91. The predicted molar refractivity (Wildman–Crippen MR) is 132 cm³/mol. The van der Waals surface area contributed by atoms with Gasteiger partial charge in [-0.2, -0.15) is 15.1 Å². The Morgan fingerprint density at radius 2 is 1.52 bits per heavy atom. The van der Waals surface area contributed by atoms with Gasteiger partial charge in [-0.15, -0.1) is 0 Å². The summed E-state index contributed by atoms with van der Waals surface area (Å²) >= 11 is 0. The van der Waals surface area contributed by atoms with E-state index in [1.54, 1.807) is 0 Å². The monoisotopic (exact) mass is 432 g/mol. The fraction of sp³-hybridized carbons (Fsp3) is 0.148. The normalized spacial score (nSPS) is 12.8. The van der Waals surface area contributed by atoms with Crippen LogP contribution in [0.3, 0.4) is 0 Å². The number of aromatic amines is 1. The lowest BCUT2D eigenvalue weighted by molar-refractivity contribution is 0.747. The maximum absolute atomic E-state index is 4.91. The fourth-order valence-corrected chi connectivity index (χ4v) is 4.39. The van der Waals surface area contributed by atoms with Crippen LogP contribution < -0.4 is 10.2 Å². The first-order valence-electron chi connectivity index (χ1n) is 11.3. The van der Waals surface area contributed by atoms with E-state index in [0.29, 0.717) is 12.5 Å². The van der Waals surface area contributed by atoms with Crippen molar-refractivity contribution in [2.24, 2.45) is 0 Å². The third-order valence-corrected chi connectivity index (χ3v) is 6.12. The molecule has 1 aliphatic rings. The summed E-state index contributed by atoms with van der Waals surface area (Å²) in [5.74, 6) is 1.56. The largest absolute Gasteiger partial charge is 0.351 e. The van der Waals surface area contributed by atoms with Crippen LogP contribution in [0.5, 0.6) is 0 Å². The summed E-state index contributed by atoms with van der Waals surface area (Å²) in [5, 5.41) is 12.0. The van der Waals surface area contributed by atoms with Crippen LogP contribution in [0.1, 0.15) is 16.8 Å². The molecule has 6 heteroatoms. The highest BCUT2D eigenvalue weighted by molar-refractivity contribution is 5.91. The van der Waals surface area contributed by atoms with Crippen LogP contribution in [-0.4, -0.2) is 26.7 Å². The van der Waals surface area contributed by atoms with E-state index in [-0.39, 0.29) is 0 Å². The van der Waals surface area contributed by atoms with Crippen LogP contribution in [0.15, 0.2) is 84.9 Å². The average Bonchev–Trinajstić information content (AvgIpc) is 3.30. The molecule has 6 rings (SSSR count). The number of nitrogens with one attached hydrogen (secondary N) is 2. The lowest BCUT2D eigenvalue weighted by Gasteiger charge is -2.28. The zero-order chi connectivity index (χ0) is 22.0. The molecule has 2 N–H and O–H groups in total. The van der Waals surface area contributed by atoms with Crippen molar-refractivity contribution in [2.75, 3.05) is 16.8 Å². The number of aromatic nitrogens is 4. The molecule has 0 unspecified atom stereocenters. The molecule has 0 radical (unpaired) electrons. The Hall–Kier alpha value is -4.19. The van der Waals surface area contributed by atoms with Gasteiger partial charge in [-0.05, 0) is 22.3 Å². The minimum absolute atomic E-state index is 0.611. The predicted octanol–water partition coefficient (Wildman–Crippen LogP) is 5.19. The minimum Gasteiger partial charge on any atom is -0.351 e. The summed E-state index contributed by atoms with van der Waals surface area (Å²) in [6.45, 7) is 2.36. The molecule has 0 aliphatic carbocycles. The summed E-state index contributed by atoms with van der Waals surface area (Å²) in [7, 11) is 0. The summed E-state index contributed by atoms with van der Waals surface area (Å²) < 4.78 is 0. The van der Waals surface area contributed by atoms with Crippen molar-refractivity contribution in [3.63, 3.8) is 0 Å². The molecule has 6 nitrogen and oxygen atoms in total. The number of H-pyrrole nitrogens is 1. The van der Waals surface area contributed by atoms with Gasteiger partial charge in [0.05, 0.1) is 11.1 Å². The highest BCUT2D eigenvalue weighted by atomic mass is 15.3. The van der Waals surface area contributed by atoms with Crippen LogP contribution in [0.25, 0.3) is 22.2 Å². The molecule has 2 aromatic heterocycles. The fourth-order valence-electron chi connectivity index (χ4n) is 4.39. The van der Waals surface area contributed by atoms with E-state index in [9.17, 15) is 0 Å². The molecule has 0 bridgehead atoms. The van der Waals surface area contributed by atoms with E-state index in [1.165, 1.54) is 22.3 Å². The Morgan fingerprint density at radius 3 is 2.30 bits per heavy atom. The van der Waals surface area contributed by atoms with Crippen LogP contribution in [0.2, 0.25) is 0 Å². The highest BCUT2D eigenvalue weighted by Crippen LogP contribution is 2.32. The first-order chi connectivity index (χ1) is 16.3. The van der Waals surface area contributed by atoms with Gasteiger partial charge >= 0.3 is 0 Å². The Balaban J connectivity index is 1.23. The van der Waals surface area contributed by atoms with Gasteiger partial charge in [0.2, 0.25) is 5.95 Å². The molecule has 162 valence electrons. The molecule has 1 aliphatic heterocycles. The number of hydrogen-bond acceptors (Lipinski definition) is 5. The van der Waals surface area contributed by atoms with Crippen molar-refractivity contribution in [3.05, 3.63) is 102 Å². The summed E-state index contributed by atoms with van der Waals surface area (Å²) in [4.78, 5) is 11.9. The zero-order valence-electron chi connectivity index (χ0n) is 18.2. The van der Waals surface area contributed by atoms with E-state index in [0.717, 1.165) is 42.1 Å². The van der Waals surface area contributed by atoms with Gasteiger partial charge in [0, 0.05) is 26.1 Å². The van der Waals surface area contributed by atoms with Crippen LogP contribution in [0.4, 0.5) is 11.8 Å². The molecule has 3 aromatic carbocycles. The molecule has 0 fully saturated rings. The van der Waals surface area contributed by atoms with Gasteiger partial charge < -0.3 is 10.2 Å². The molecule has 0 spiro atoms. The third-order valence-electron chi connectivity index (χ3n) is 6.12. The second-order valence-corrected chi connectivity index (χ2v) is 8.34. The van der Waals surface area contributed by atoms with E-state index in [2.05, 4.69) is 93.2 Å². The number of rotatable bonds is 6. The molecule has 0 saturated heterocycles. The molecule has 5 aromatic rings. The lowest BCUT2D eigenvalue weighted by Crippen LogP contribution is -2.29. The zero-order valence-corrected chi connectivity index (χ0v) is 18.2. The number of nitrogens with zero attached hydrogens (tertiary/aromatic N) is 4. The van der Waals surface area contributed by atoms with Crippen LogP contribution in [0, 0.1) is 0 Å². The molecule has 33 heavy (non-hydrogen) atoms. The van der Waals surface area contributed by atoms with Crippen molar-refractivity contribution >= 4 is 22.8 Å². The summed E-state index contributed by atoms with van der Waals surface area (Å²) in [5.41, 5.74) is 6.71. The Bertz CT molecular complexity index is 1380. The van der Waals surface area contributed by atoms with Crippen LogP contribution >= 0.6 is 0 Å². The van der Waals surface area contributed by atoms with E-state index in [4.69, 9.17) is 9.97 Å². The van der Waals surface area contributed by atoms with Gasteiger partial charge in [0.25, 0.3) is 0 Å². The number of hydrogen-bond donors (Lipinski definition) is 2. The standard InChI is InChI=1S/C27H24N6/c1-3-7-20(8-4-1)18-33-16-15-23-24-25(32-31-23)29-27(30-26(24)33)28-17-19-11-13-22(14-12-19)21-9-5-2-6-10-21/h1-14H,15-18H2,(H2,28,29,30,31,32). The molecule has 3 heterocycles. The Kier molecular flexibility index (Phi) is 4.96. The Morgan fingerprint density at radius 1 is 0.788 bits per heavy atom. The van der Waals surface area contributed by atoms with Crippen molar-refractivity contribution in [2.45, 2.75) is 19.5 Å². The second-order valence-electron chi connectivity index (χ2n) is 8.34. The van der Waals surface area contributed by atoms with Gasteiger partial charge in [-0.1, -0.05) is 84.9 Å². The summed E-state index contributed by atoms with van der Waals surface area (Å²) in [6, 6.07) is 29.5. The van der Waals surface area contributed by atoms with Gasteiger partial charge in [-0.3, -0.25) is 5.10 Å². The quantitative estimate of drug-likeness (QED) is 0.386. The van der Waals surface area contributed by atoms with E-state index in [1.807, 2.05) is 12.1 Å². The lowest BCUT2D eigenvalue weighted by atomic mass is 10.0. The number of anilines is 2. The SMILES string of the molecule is c1ccc(CN2CCc3n[nH]c4nc(NCc5ccc(-c6ccccc6)cc5)nc2c34)cc1. The molecule has 0 saturated carbocycles. The first-order valence-corrected chi connectivity index (χ1v) is 11.3. The second kappa shape index (κ2) is 8.39. The molecular weight excluding hydrogens is 408 g/mol. The molecule has 0 atom stereocenters. The smallest absolute Gasteiger partial charge is 0.226 e.